The van der Waals surface area contributed by atoms with Crippen molar-refractivity contribution in [1.29, 1.82) is 0 Å². The number of rotatable bonds is 4. The molecule has 0 saturated carbocycles. The SMILES string of the molecule is Cc1ccc(CNC(=O)c2ccc(C=O)[nH]2)cc1. The summed E-state index contributed by atoms with van der Waals surface area (Å²) in [5, 5.41) is 2.79. The van der Waals surface area contributed by atoms with Gasteiger partial charge in [-0.3, -0.25) is 9.59 Å². The zero-order valence-electron chi connectivity index (χ0n) is 10.1. The van der Waals surface area contributed by atoms with E-state index in [1.807, 2.05) is 31.2 Å². The minimum atomic E-state index is -0.219. The minimum absolute atomic E-state index is 0.219. The zero-order valence-corrected chi connectivity index (χ0v) is 10.1. The zero-order chi connectivity index (χ0) is 13.0. The second-order valence-corrected chi connectivity index (χ2v) is 4.11. The van der Waals surface area contributed by atoms with Crippen LogP contribution in [0.2, 0.25) is 0 Å². The molecule has 1 amide bonds. The Morgan fingerprint density at radius 1 is 1.22 bits per heavy atom. The maximum Gasteiger partial charge on any atom is 0.267 e. The van der Waals surface area contributed by atoms with E-state index in [0.717, 1.165) is 5.56 Å². The van der Waals surface area contributed by atoms with Crippen LogP contribution in [0.25, 0.3) is 0 Å². The predicted octanol–water partition coefficient (Wildman–Crippen LogP) is 2.07. The van der Waals surface area contributed by atoms with Crippen molar-refractivity contribution in [3.8, 4) is 0 Å². The highest BCUT2D eigenvalue weighted by Crippen LogP contribution is 2.04. The number of hydrogen-bond acceptors (Lipinski definition) is 2. The lowest BCUT2D eigenvalue weighted by molar-refractivity contribution is 0.0946. The predicted molar refractivity (Wildman–Crippen MR) is 68.5 cm³/mol. The van der Waals surface area contributed by atoms with Crippen molar-refractivity contribution >= 4 is 12.2 Å². The third-order valence-corrected chi connectivity index (χ3v) is 2.65. The maximum absolute atomic E-state index is 11.8. The minimum Gasteiger partial charge on any atom is -0.348 e. The number of H-pyrrole nitrogens is 1. The Morgan fingerprint density at radius 3 is 2.56 bits per heavy atom. The largest absolute Gasteiger partial charge is 0.348 e. The number of amides is 1. The normalized spacial score (nSPS) is 10.1. The van der Waals surface area contributed by atoms with E-state index in [1.54, 1.807) is 12.1 Å². The van der Waals surface area contributed by atoms with Gasteiger partial charge < -0.3 is 10.3 Å². The molecule has 2 aromatic rings. The molecule has 0 aliphatic carbocycles. The van der Waals surface area contributed by atoms with E-state index in [0.29, 0.717) is 24.2 Å². The van der Waals surface area contributed by atoms with E-state index >= 15 is 0 Å². The van der Waals surface area contributed by atoms with Crippen molar-refractivity contribution in [3.63, 3.8) is 0 Å². The van der Waals surface area contributed by atoms with Crippen LogP contribution in [0.4, 0.5) is 0 Å². The highest BCUT2D eigenvalue weighted by molar-refractivity contribution is 5.93. The van der Waals surface area contributed by atoms with Gasteiger partial charge in [-0.2, -0.15) is 0 Å². The fraction of sp³-hybridized carbons (Fsp3) is 0.143. The number of aromatic nitrogens is 1. The number of aldehydes is 1. The number of nitrogens with one attached hydrogen (secondary N) is 2. The lowest BCUT2D eigenvalue weighted by atomic mass is 10.1. The molecule has 0 unspecified atom stereocenters. The van der Waals surface area contributed by atoms with Crippen LogP contribution in [0.3, 0.4) is 0 Å². The second kappa shape index (κ2) is 5.31. The van der Waals surface area contributed by atoms with Crippen LogP contribution in [0.5, 0.6) is 0 Å². The fourth-order valence-corrected chi connectivity index (χ4v) is 1.60. The Hall–Kier alpha value is -2.36. The average Bonchev–Trinajstić information content (AvgIpc) is 2.86. The summed E-state index contributed by atoms with van der Waals surface area (Å²) in [6.45, 7) is 2.48. The lowest BCUT2D eigenvalue weighted by Crippen LogP contribution is -2.23. The Morgan fingerprint density at radius 2 is 1.94 bits per heavy atom. The first-order valence-electron chi connectivity index (χ1n) is 5.67. The summed E-state index contributed by atoms with van der Waals surface area (Å²) in [5.74, 6) is -0.219. The van der Waals surface area contributed by atoms with Gasteiger partial charge in [-0.05, 0) is 24.6 Å². The molecule has 0 atom stereocenters. The molecule has 0 radical (unpaired) electrons. The number of aryl methyl sites for hydroxylation is 1. The third kappa shape index (κ3) is 2.85. The molecule has 92 valence electrons. The Labute approximate surface area is 105 Å². The second-order valence-electron chi connectivity index (χ2n) is 4.11. The standard InChI is InChI=1S/C14H14N2O2/c1-10-2-4-11(5-3-10)8-15-14(18)13-7-6-12(9-17)16-13/h2-7,9,16H,8H2,1H3,(H,15,18). The summed E-state index contributed by atoms with van der Waals surface area (Å²) in [6, 6.07) is 11.1. The average molecular weight is 242 g/mol. The molecule has 2 rings (SSSR count). The molecule has 1 aromatic carbocycles. The molecule has 18 heavy (non-hydrogen) atoms. The van der Waals surface area contributed by atoms with Crippen LogP contribution in [0, 0.1) is 6.92 Å². The molecule has 4 heteroatoms. The third-order valence-electron chi connectivity index (χ3n) is 2.65. The maximum atomic E-state index is 11.8. The van der Waals surface area contributed by atoms with Crippen LogP contribution in [-0.2, 0) is 6.54 Å². The first-order valence-corrected chi connectivity index (χ1v) is 5.67. The van der Waals surface area contributed by atoms with Crippen molar-refractivity contribution in [2.75, 3.05) is 0 Å². The van der Waals surface area contributed by atoms with Crippen LogP contribution in [-0.4, -0.2) is 17.2 Å². The summed E-state index contributed by atoms with van der Waals surface area (Å²) >= 11 is 0. The first-order chi connectivity index (χ1) is 8.69. The summed E-state index contributed by atoms with van der Waals surface area (Å²) in [6.07, 6.45) is 0.677. The molecule has 0 bridgehead atoms. The molecule has 2 N–H and O–H groups in total. The smallest absolute Gasteiger partial charge is 0.267 e. The van der Waals surface area contributed by atoms with Gasteiger partial charge in [0.2, 0.25) is 0 Å². The molecule has 0 aliphatic rings. The van der Waals surface area contributed by atoms with Crippen LogP contribution >= 0.6 is 0 Å². The van der Waals surface area contributed by atoms with Crippen molar-refractivity contribution in [2.24, 2.45) is 0 Å². The van der Waals surface area contributed by atoms with Gasteiger partial charge in [0.15, 0.2) is 6.29 Å². The number of carbonyl (C=O) groups excluding carboxylic acids is 2. The van der Waals surface area contributed by atoms with E-state index in [2.05, 4.69) is 10.3 Å². The van der Waals surface area contributed by atoms with Gasteiger partial charge >= 0.3 is 0 Å². The van der Waals surface area contributed by atoms with Gasteiger partial charge in [-0.25, -0.2) is 0 Å². The van der Waals surface area contributed by atoms with E-state index < -0.39 is 0 Å². The van der Waals surface area contributed by atoms with E-state index in [-0.39, 0.29) is 5.91 Å². The highest BCUT2D eigenvalue weighted by atomic mass is 16.2. The Bertz CT molecular complexity index is 555. The van der Waals surface area contributed by atoms with E-state index in [1.165, 1.54) is 5.56 Å². The molecule has 0 saturated heterocycles. The van der Waals surface area contributed by atoms with Gasteiger partial charge in [0.25, 0.3) is 5.91 Å². The quantitative estimate of drug-likeness (QED) is 0.806. The monoisotopic (exact) mass is 242 g/mol. The van der Waals surface area contributed by atoms with Crippen LogP contribution in [0.1, 0.15) is 32.1 Å². The van der Waals surface area contributed by atoms with Gasteiger partial charge in [0.1, 0.15) is 5.69 Å². The van der Waals surface area contributed by atoms with Gasteiger partial charge in [0.05, 0.1) is 5.69 Å². The van der Waals surface area contributed by atoms with Gasteiger partial charge in [-0.1, -0.05) is 29.8 Å². The molecular formula is C14H14N2O2. The molecular weight excluding hydrogens is 228 g/mol. The summed E-state index contributed by atoms with van der Waals surface area (Å²) in [7, 11) is 0. The van der Waals surface area contributed by atoms with Crippen molar-refractivity contribution < 1.29 is 9.59 Å². The lowest BCUT2D eigenvalue weighted by Gasteiger charge is -2.04. The first kappa shape index (κ1) is 12.1. The number of carbonyl (C=O) groups is 2. The Balaban J connectivity index is 1.95. The van der Waals surface area contributed by atoms with Crippen molar-refractivity contribution in [3.05, 3.63) is 58.9 Å². The van der Waals surface area contributed by atoms with Crippen LogP contribution in [0.15, 0.2) is 36.4 Å². The van der Waals surface area contributed by atoms with E-state index in [9.17, 15) is 9.59 Å². The molecule has 1 aromatic heterocycles. The summed E-state index contributed by atoms with van der Waals surface area (Å²) in [5.41, 5.74) is 3.01. The number of hydrogen-bond donors (Lipinski definition) is 2. The van der Waals surface area contributed by atoms with Crippen molar-refractivity contribution in [1.82, 2.24) is 10.3 Å². The summed E-state index contributed by atoms with van der Waals surface area (Å²) < 4.78 is 0. The van der Waals surface area contributed by atoms with E-state index in [4.69, 9.17) is 0 Å². The molecule has 1 heterocycles. The molecule has 0 aliphatic heterocycles. The Kier molecular flexibility index (Phi) is 3.57. The number of aromatic amines is 1. The van der Waals surface area contributed by atoms with Crippen LogP contribution < -0.4 is 5.32 Å². The molecule has 0 fully saturated rings. The highest BCUT2D eigenvalue weighted by Gasteiger charge is 2.07. The van der Waals surface area contributed by atoms with Gasteiger partial charge in [-0.15, -0.1) is 0 Å². The molecule has 4 nitrogen and oxygen atoms in total. The summed E-state index contributed by atoms with van der Waals surface area (Å²) in [4.78, 5) is 25.0. The van der Waals surface area contributed by atoms with Crippen molar-refractivity contribution in [2.45, 2.75) is 13.5 Å². The molecule has 0 spiro atoms. The number of benzene rings is 1. The van der Waals surface area contributed by atoms with Gasteiger partial charge in [0, 0.05) is 6.54 Å². The topological polar surface area (TPSA) is 62.0 Å². The fourth-order valence-electron chi connectivity index (χ4n) is 1.60.